The van der Waals surface area contributed by atoms with Gasteiger partial charge in [-0.05, 0) is 221 Å². The molecule has 0 fully saturated rings. The Morgan fingerprint density at radius 2 is 0.633 bits per heavy atom. The van der Waals surface area contributed by atoms with Crippen molar-refractivity contribution in [3.8, 4) is 112 Å². The minimum Gasteiger partial charge on any atom is -0.493 e. The zero-order valence-electron chi connectivity index (χ0n) is 75.7. The Morgan fingerprint density at radius 1 is 0.273 bits per heavy atom. The van der Waals surface area contributed by atoms with E-state index in [1.165, 1.54) is 38.9 Å². The van der Waals surface area contributed by atoms with Crippen molar-refractivity contribution in [2.75, 3.05) is 104 Å². The van der Waals surface area contributed by atoms with Crippen molar-refractivity contribution < 1.29 is 68.9 Å². The summed E-state index contributed by atoms with van der Waals surface area (Å²) in [5.41, 5.74) is 28.6. The molecule has 0 radical (unpaired) electrons. The van der Waals surface area contributed by atoms with Crippen LogP contribution in [0.1, 0.15) is 55.6 Å². The average molecular weight is 1720 g/mol. The van der Waals surface area contributed by atoms with Gasteiger partial charge in [-0.2, -0.15) is 0 Å². The van der Waals surface area contributed by atoms with Gasteiger partial charge in [0.2, 0.25) is 0 Å². The van der Waals surface area contributed by atoms with E-state index in [1.807, 2.05) is 205 Å². The molecule has 8 N–H and O–H groups in total. The summed E-state index contributed by atoms with van der Waals surface area (Å²) in [6.07, 6.45) is 0. The molecule has 0 aliphatic heterocycles. The Balaban J connectivity index is 0.000000146. The molecule has 20 nitrogen and oxygen atoms in total. The molecule has 0 aliphatic rings. The third kappa shape index (κ3) is 18.8. The maximum atomic E-state index is 10.3. The van der Waals surface area contributed by atoms with Crippen molar-refractivity contribution in [3.63, 3.8) is 0 Å². The highest BCUT2D eigenvalue weighted by atomic mass is 16.5. The van der Waals surface area contributed by atoms with Crippen LogP contribution >= 0.6 is 0 Å². The second-order valence-corrected chi connectivity index (χ2v) is 32.3. The van der Waals surface area contributed by atoms with Gasteiger partial charge in [-0.3, -0.25) is 9.80 Å². The largest absolute Gasteiger partial charge is 0.493 e. The molecule has 0 saturated heterocycles. The van der Waals surface area contributed by atoms with Crippen LogP contribution in [0.5, 0.6) is 23.0 Å². The van der Waals surface area contributed by atoms with Crippen molar-refractivity contribution in [2.45, 2.75) is 66.7 Å². The minimum absolute atomic E-state index is 0.0941. The lowest BCUT2D eigenvalue weighted by atomic mass is 9.90. The van der Waals surface area contributed by atoms with Crippen LogP contribution in [0.4, 0.5) is 23.3 Å². The van der Waals surface area contributed by atoms with Gasteiger partial charge in [-0.25, -0.2) is 19.1 Å². The molecule has 128 heavy (non-hydrogen) atoms. The Labute approximate surface area is 749 Å². The number of methoxy groups -OCH3 is 4. The number of aromatic nitrogens is 4. The first kappa shape index (κ1) is 92.0. The fraction of sp³-hybridized carbons (Fsp3) is 0.222. The first-order valence-corrected chi connectivity index (χ1v) is 42.3. The SMILES string of the molecule is COc1ccc(-c2cc3c(-c4ccccc4)c(CO)c(CO)cc3[n+](C)c2N(C)C)cc1OC.COc1ccc(-c2cc3c(-c4ccccc4)c(CO)c(CO)cc3nc2N(C)C)cc1OC.Cc1c(-c2ccccc2)cccc1-c1cc2cc(CO)c(CO)cc2[n+](C)c1N(C)C.Cc1c(-c2ccccc2)cccc1-c1cc2cc(CO)c(CO)cc2nc1N(C)C. The van der Waals surface area contributed by atoms with Gasteiger partial charge in [0, 0.05) is 60.9 Å². The monoisotopic (exact) mass is 1710 g/mol. The number of rotatable bonds is 24. The first-order chi connectivity index (χ1) is 61.9. The zero-order valence-corrected chi connectivity index (χ0v) is 75.7. The summed E-state index contributed by atoms with van der Waals surface area (Å²) in [6, 6.07) is 85.4. The maximum Gasteiger partial charge on any atom is 0.284 e. The average Bonchev–Trinajstić information content (AvgIpc) is 0.742. The van der Waals surface area contributed by atoms with Crippen molar-refractivity contribution in [3.05, 3.63) is 310 Å². The van der Waals surface area contributed by atoms with Gasteiger partial charge < -0.3 is 69.6 Å². The molecule has 0 saturated carbocycles. The molecule has 0 bridgehead atoms. The molecule has 0 spiro atoms. The summed E-state index contributed by atoms with van der Waals surface area (Å²) in [4.78, 5) is 18.1. The maximum absolute atomic E-state index is 10.3. The summed E-state index contributed by atoms with van der Waals surface area (Å²) in [5, 5.41) is 83.5. The minimum atomic E-state index is -0.183. The van der Waals surface area contributed by atoms with Crippen LogP contribution in [-0.4, -0.2) is 136 Å². The summed E-state index contributed by atoms with van der Waals surface area (Å²) in [5.74, 6) is 6.35. The number of pyridine rings is 4. The van der Waals surface area contributed by atoms with E-state index >= 15 is 0 Å². The number of aliphatic hydroxyl groups is 8. The Hall–Kier alpha value is -13.6. The summed E-state index contributed by atoms with van der Waals surface area (Å²) in [6.45, 7) is 3.22. The van der Waals surface area contributed by atoms with Gasteiger partial charge in [0.05, 0.1) is 146 Å². The predicted molar refractivity (Wildman–Crippen MR) is 518 cm³/mol. The lowest BCUT2D eigenvalue weighted by Gasteiger charge is -2.21. The van der Waals surface area contributed by atoms with E-state index in [0.29, 0.717) is 45.3 Å². The van der Waals surface area contributed by atoms with Crippen molar-refractivity contribution >= 4 is 66.9 Å². The Kier molecular flexibility index (Phi) is 29.6. The number of aryl methyl sites for hydroxylation is 2. The molecule has 0 atom stereocenters. The van der Waals surface area contributed by atoms with Crippen LogP contribution in [0.3, 0.4) is 0 Å². The highest BCUT2D eigenvalue weighted by Crippen LogP contribution is 2.46. The third-order valence-electron chi connectivity index (χ3n) is 23.7. The molecular weight excluding hydrogens is 1600 g/mol. The lowest BCUT2D eigenvalue weighted by Crippen LogP contribution is -2.37. The van der Waals surface area contributed by atoms with E-state index in [0.717, 1.165) is 150 Å². The standard InChI is InChI=1S/C28H31N2O4.C27H28N2O4.C27H29N2O2.C26H26N2O2/c1-29(2)28-21(19-11-12-25(33-4)26(14-19)34-5)15-22-24(30(28)3)13-20(16-31)23(17-32)27(22)18-9-7-6-8-10-18;1-29(2)27-20(18-10-11-24(32-3)25(13-18)33-4)14-21-23(28-27)12-19(15-30)22(16-31)26(21)17-8-6-5-7-9-17;1-18-23(19-9-6-5-7-10-19)11-8-12-24(18)25-14-20-13-21(16-30)22(17-31)15-26(20)29(4)27(25)28(2)3;1-17-22(18-8-5-4-6-9-18)10-7-11-23(17)24-13-19-12-20(15-29)21(16-30)14-25(19)27-26(24)28(2)3/h6-15,31-32H,16-17H2,1-5H3;5-14,30-31H,15-16H2,1-4H3;5-15,30-31H,16-17H2,1-4H3;4-14,29-30H,15-16H2,1-3H3/q+1;;+1;. The molecular formula is C108H114N8O12+2. The van der Waals surface area contributed by atoms with E-state index in [1.54, 1.807) is 28.4 Å². The van der Waals surface area contributed by atoms with E-state index in [2.05, 4.69) is 163 Å². The molecule has 16 aromatic rings. The van der Waals surface area contributed by atoms with Gasteiger partial charge >= 0.3 is 0 Å². The molecule has 4 aromatic heterocycles. The van der Waals surface area contributed by atoms with Gasteiger partial charge in [0.1, 0.15) is 22.7 Å². The zero-order chi connectivity index (χ0) is 91.3. The van der Waals surface area contributed by atoms with Gasteiger partial charge in [0.15, 0.2) is 23.0 Å². The van der Waals surface area contributed by atoms with Crippen LogP contribution in [0.15, 0.2) is 255 Å². The quantitative estimate of drug-likeness (QED) is 0.0262. The smallest absolute Gasteiger partial charge is 0.284 e. The molecule has 0 aliphatic carbocycles. The second-order valence-electron chi connectivity index (χ2n) is 32.3. The number of aliphatic hydroxyl groups excluding tert-OH is 8. The molecule has 656 valence electrons. The van der Waals surface area contributed by atoms with Crippen LogP contribution in [0.2, 0.25) is 0 Å². The van der Waals surface area contributed by atoms with E-state index in [-0.39, 0.29) is 52.9 Å². The van der Waals surface area contributed by atoms with E-state index < -0.39 is 0 Å². The van der Waals surface area contributed by atoms with Gasteiger partial charge in [-0.15, -0.1) is 0 Å². The van der Waals surface area contributed by atoms with Crippen molar-refractivity contribution in [1.29, 1.82) is 0 Å². The van der Waals surface area contributed by atoms with Gasteiger partial charge in [0.25, 0.3) is 11.6 Å². The number of ether oxygens (including phenoxy) is 4. The number of benzene rings is 12. The molecule has 12 aromatic carbocycles. The third-order valence-corrected chi connectivity index (χ3v) is 23.7. The molecule has 0 amide bonds. The van der Waals surface area contributed by atoms with Crippen LogP contribution in [-0.2, 0) is 67.0 Å². The normalized spacial score (nSPS) is 11.1. The number of anilines is 4. The second kappa shape index (κ2) is 41.2. The predicted octanol–water partition coefficient (Wildman–Crippen LogP) is 18.0. The fourth-order valence-corrected chi connectivity index (χ4v) is 17.4. The Bertz CT molecular complexity index is 6670. The molecule has 16 rings (SSSR count). The first-order valence-electron chi connectivity index (χ1n) is 42.3. The summed E-state index contributed by atoms with van der Waals surface area (Å²) < 4.78 is 26.2. The fourth-order valence-electron chi connectivity index (χ4n) is 17.4. The van der Waals surface area contributed by atoms with Crippen LogP contribution < -0.4 is 47.7 Å². The number of nitrogens with zero attached hydrogens (tertiary/aromatic N) is 8. The van der Waals surface area contributed by atoms with Gasteiger partial charge in [-0.1, -0.05) is 170 Å². The molecule has 0 unspecified atom stereocenters. The molecule has 4 heterocycles. The highest BCUT2D eigenvalue weighted by Gasteiger charge is 2.29. The summed E-state index contributed by atoms with van der Waals surface area (Å²) in [7, 11) is 26.6. The summed E-state index contributed by atoms with van der Waals surface area (Å²) >= 11 is 0. The van der Waals surface area contributed by atoms with Crippen LogP contribution in [0.25, 0.3) is 133 Å². The topological polar surface area (TPSA) is 245 Å². The highest BCUT2D eigenvalue weighted by molar-refractivity contribution is 6.03. The van der Waals surface area contributed by atoms with Crippen LogP contribution in [0, 0.1) is 13.8 Å². The lowest BCUT2D eigenvalue weighted by molar-refractivity contribution is -0.631. The molecule has 20 heteroatoms. The van der Waals surface area contributed by atoms with Crippen molar-refractivity contribution in [1.82, 2.24) is 9.97 Å². The number of hydrogen-bond acceptors (Lipinski definition) is 18. The number of hydrogen-bond donors (Lipinski definition) is 8. The number of fused-ring (bicyclic) bond motifs is 4. The van der Waals surface area contributed by atoms with E-state index in [4.69, 9.17) is 28.9 Å². The van der Waals surface area contributed by atoms with Crippen molar-refractivity contribution in [2.24, 2.45) is 14.1 Å². The Morgan fingerprint density at radius 3 is 1.09 bits per heavy atom. The van der Waals surface area contributed by atoms with E-state index in [9.17, 15) is 40.9 Å².